The van der Waals surface area contributed by atoms with E-state index >= 15 is 0 Å². The van der Waals surface area contributed by atoms with E-state index in [1.54, 1.807) is 11.3 Å². The van der Waals surface area contributed by atoms with E-state index in [2.05, 4.69) is 20.4 Å². The normalized spacial score (nSPS) is 16.8. The van der Waals surface area contributed by atoms with Gasteiger partial charge in [0.15, 0.2) is 0 Å². The Morgan fingerprint density at radius 3 is 2.14 bits per heavy atom. The molecule has 5 N–H and O–H groups in total. The van der Waals surface area contributed by atoms with Gasteiger partial charge in [-0.25, -0.2) is 9.78 Å². The summed E-state index contributed by atoms with van der Waals surface area (Å²) in [5, 5.41) is 16.3. The number of benzene rings is 1. The maximum Gasteiger partial charge on any atom is 0.412 e. The molecule has 0 radical (unpaired) electrons. The molecule has 0 spiro atoms. The molecule has 0 aliphatic carbocycles. The monoisotopic (exact) mass is 806 g/mol. The first-order valence-corrected chi connectivity index (χ1v) is 19.5. The zero-order chi connectivity index (χ0) is 41.3. The summed E-state index contributed by atoms with van der Waals surface area (Å²) in [7, 11) is 1.81. The SMILES string of the molecule is Cc1ncsc1-c1ccc(C(C)NC(=O)[C@@H]2C[C@@H](O)CN2C(=O)C(NC(=O)COCCOCCOCCOCCN(C)CCC(=O)OC(N)=O)C(C)(C)C)cc1. The van der Waals surface area contributed by atoms with Crippen LogP contribution in [0.1, 0.15) is 57.8 Å². The molecule has 1 aromatic carbocycles. The number of hydrogen-bond acceptors (Lipinski definition) is 14. The molecule has 1 saturated heterocycles. The Kier molecular flexibility index (Phi) is 19.2. The van der Waals surface area contributed by atoms with Gasteiger partial charge in [0.05, 0.1) is 80.9 Å². The van der Waals surface area contributed by atoms with Gasteiger partial charge < -0.3 is 55.0 Å². The largest absolute Gasteiger partial charge is 0.412 e. The maximum atomic E-state index is 13.9. The molecule has 0 bridgehead atoms. The highest BCUT2D eigenvalue weighted by Gasteiger charge is 2.44. The lowest BCUT2D eigenvalue weighted by Crippen LogP contribution is -2.58. The molecule has 18 heteroatoms. The van der Waals surface area contributed by atoms with Crippen molar-refractivity contribution in [3.63, 3.8) is 0 Å². The fourth-order valence-electron chi connectivity index (χ4n) is 5.82. The number of likely N-dealkylation sites (N-methyl/N-ethyl adjacent to an activating group) is 1. The predicted molar refractivity (Wildman–Crippen MR) is 207 cm³/mol. The number of carbonyl (C=O) groups is 5. The fraction of sp³-hybridized carbons (Fsp3) is 0.632. The Morgan fingerprint density at radius 1 is 0.964 bits per heavy atom. The molecule has 17 nitrogen and oxygen atoms in total. The van der Waals surface area contributed by atoms with E-state index in [0.717, 1.165) is 21.7 Å². The molecule has 56 heavy (non-hydrogen) atoms. The molecule has 2 heterocycles. The van der Waals surface area contributed by atoms with Crippen LogP contribution >= 0.6 is 11.3 Å². The van der Waals surface area contributed by atoms with Gasteiger partial charge in [0.25, 0.3) is 0 Å². The topological polar surface area (TPSA) is 221 Å². The predicted octanol–water partition coefficient (Wildman–Crippen LogP) is 1.80. The van der Waals surface area contributed by atoms with E-state index in [1.807, 2.05) is 76.3 Å². The lowest BCUT2D eigenvalue weighted by atomic mass is 9.85. The van der Waals surface area contributed by atoms with Gasteiger partial charge in [0.1, 0.15) is 18.7 Å². The van der Waals surface area contributed by atoms with E-state index in [0.29, 0.717) is 46.1 Å². The highest BCUT2D eigenvalue weighted by molar-refractivity contribution is 7.13. The first kappa shape index (κ1) is 46.3. The third-order valence-corrected chi connectivity index (χ3v) is 9.92. The van der Waals surface area contributed by atoms with Gasteiger partial charge in [-0.15, -0.1) is 11.3 Å². The number of ether oxygens (including phenoxy) is 5. The minimum atomic E-state index is -1.12. The molecule has 2 aromatic rings. The summed E-state index contributed by atoms with van der Waals surface area (Å²) in [5.41, 5.74) is 8.80. The second-order valence-corrected chi connectivity index (χ2v) is 15.5. The number of nitrogens with zero attached hydrogens (tertiary/aromatic N) is 3. The summed E-state index contributed by atoms with van der Waals surface area (Å²) in [6.45, 7) is 12.1. The van der Waals surface area contributed by atoms with Crippen LogP contribution in [0.3, 0.4) is 0 Å². The standard InChI is InChI=1S/C38H58N6O11S/c1-25(27-7-9-28(10-8-27)33-26(2)40-24-56-33)41-35(48)30-21-29(45)22-44(30)36(49)34(38(3,4)5)42-31(46)23-54-20-19-53-18-17-52-16-15-51-14-13-43(6)12-11-32(47)55-37(39)50/h7-10,24-25,29-30,34,45H,11-23H2,1-6H3,(H2,39,50)(H,41,48)(H,42,46)/t25?,29-,30+,34?/m1/s1. The molecule has 1 aliphatic heterocycles. The Labute approximate surface area is 332 Å². The lowest BCUT2D eigenvalue weighted by Gasteiger charge is -2.35. The van der Waals surface area contributed by atoms with Crippen LogP contribution < -0.4 is 16.4 Å². The molecular formula is C38H58N6O11S. The average molecular weight is 807 g/mol. The Morgan fingerprint density at radius 2 is 1.57 bits per heavy atom. The molecule has 3 rings (SSSR count). The van der Waals surface area contributed by atoms with Crippen molar-refractivity contribution in [2.75, 3.05) is 79.5 Å². The van der Waals surface area contributed by atoms with Crippen LogP contribution in [0.25, 0.3) is 10.4 Å². The van der Waals surface area contributed by atoms with Gasteiger partial charge in [-0.3, -0.25) is 19.2 Å². The number of likely N-dealkylation sites (tertiary alicyclic amines) is 1. The van der Waals surface area contributed by atoms with Crippen LogP contribution in [-0.4, -0.2) is 147 Å². The van der Waals surface area contributed by atoms with Crippen molar-refractivity contribution in [1.29, 1.82) is 0 Å². The molecular weight excluding hydrogens is 749 g/mol. The number of amides is 4. The number of rotatable bonds is 23. The fourth-order valence-corrected chi connectivity index (χ4v) is 6.63. The van der Waals surface area contributed by atoms with E-state index < -0.39 is 47.5 Å². The summed E-state index contributed by atoms with van der Waals surface area (Å²) >= 11 is 1.57. The van der Waals surface area contributed by atoms with Crippen molar-refractivity contribution in [2.24, 2.45) is 11.1 Å². The summed E-state index contributed by atoms with van der Waals surface area (Å²) < 4.78 is 26.2. The number of aromatic nitrogens is 1. The Balaban J connectivity index is 1.33. The number of aliphatic hydroxyl groups excluding tert-OH is 1. The van der Waals surface area contributed by atoms with Crippen molar-refractivity contribution in [1.82, 2.24) is 25.4 Å². The van der Waals surface area contributed by atoms with Gasteiger partial charge in [0.2, 0.25) is 17.7 Å². The summed E-state index contributed by atoms with van der Waals surface area (Å²) in [6.07, 6.45) is -1.87. The number of β-amino-alcohol motifs (C(OH)–C–C–N with tert-alkyl or cyclic N) is 1. The van der Waals surface area contributed by atoms with E-state index in [4.69, 9.17) is 24.7 Å². The third-order valence-electron chi connectivity index (χ3n) is 8.94. The van der Waals surface area contributed by atoms with Gasteiger partial charge >= 0.3 is 12.1 Å². The molecule has 1 aliphatic rings. The second-order valence-electron chi connectivity index (χ2n) is 14.6. The number of hydrogen-bond donors (Lipinski definition) is 4. The summed E-state index contributed by atoms with van der Waals surface area (Å²) in [5.74, 6) is -2.01. The number of nitrogens with two attached hydrogens (primary N) is 1. The van der Waals surface area contributed by atoms with Crippen LogP contribution in [0.15, 0.2) is 29.8 Å². The van der Waals surface area contributed by atoms with Crippen LogP contribution in [0.4, 0.5) is 4.79 Å². The minimum absolute atomic E-state index is 0.0266. The van der Waals surface area contributed by atoms with Crippen molar-refractivity contribution in [2.45, 2.75) is 71.7 Å². The zero-order valence-electron chi connectivity index (χ0n) is 33.2. The minimum Gasteiger partial charge on any atom is -0.391 e. The van der Waals surface area contributed by atoms with Crippen molar-refractivity contribution >= 4 is 41.1 Å². The van der Waals surface area contributed by atoms with Crippen molar-refractivity contribution in [3.8, 4) is 10.4 Å². The van der Waals surface area contributed by atoms with Gasteiger partial charge in [-0.05, 0) is 37.4 Å². The maximum absolute atomic E-state index is 13.9. The molecule has 312 valence electrons. The molecule has 2 unspecified atom stereocenters. The smallest absolute Gasteiger partial charge is 0.391 e. The van der Waals surface area contributed by atoms with E-state index in [1.165, 1.54) is 4.90 Å². The lowest BCUT2D eigenvalue weighted by molar-refractivity contribution is -0.144. The Hall–Kier alpha value is -4.04. The van der Waals surface area contributed by atoms with E-state index in [-0.39, 0.29) is 51.2 Å². The van der Waals surface area contributed by atoms with E-state index in [9.17, 15) is 29.1 Å². The molecule has 4 amide bonds. The van der Waals surface area contributed by atoms with Crippen molar-refractivity contribution < 1.29 is 52.8 Å². The number of nitrogens with one attached hydrogen (secondary N) is 2. The average Bonchev–Trinajstić information content (AvgIpc) is 3.75. The Bertz CT molecular complexity index is 1570. The van der Waals surface area contributed by atoms with Gasteiger partial charge in [-0.2, -0.15) is 0 Å². The first-order chi connectivity index (χ1) is 26.6. The number of carbonyl (C=O) groups excluding carboxylic acids is 5. The second kappa shape index (κ2) is 23.3. The number of aryl methyl sites for hydroxylation is 1. The zero-order valence-corrected chi connectivity index (χ0v) is 34.1. The van der Waals surface area contributed by atoms with Crippen LogP contribution in [0.5, 0.6) is 0 Å². The number of primary amides is 1. The number of esters is 1. The summed E-state index contributed by atoms with van der Waals surface area (Å²) in [6, 6.07) is 5.66. The summed E-state index contributed by atoms with van der Waals surface area (Å²) in [4.78, 5) is 70.8. The van der Waals surface area contributed by atoms with Crippen molar-refractivity contribution in [3.05, 3.63) is 41.0 Å². The molecule has 4 atom stereocenters. The molecule has 1 fully saturated rings. The third kappa shape index (κ3) is 15.8. The number of thiazole rings is 1. The quantitative estimate of drug-likeness (QED) is 0.0716. The van der Waals surface area contributed by atoms with Crippen LogP contribution in [0.2, 0.25) is 0 Å². The van der Waals surface area contributed by atoms with Gasteiger partial charge in [0, 0.05) is 26.1 Å². The first-order valence-electron chi connectivity index (χ1n) is 18.6. The van der Waals surface area contributed by atoms with Crippen LogP contribution in [0, 0.1) is 12.3 Å². The van der Waals surface area contributed by atoms with Gasteiger partial charge in [-0.1, -0.05) is 45.0 Å². The highest BCUT2D eigenvalue weighted by atomic mass is 32.1. The van der Waals surface area contributed by atoms with Crippen LogP contribution in [-0.2, 0) is 42.9 Å². The number of aliphatic hydroxyl groups is 1. The molecule has 0 saturated carbocycles. The molecule has 1 aromatic heterocycles. The highest BCUT2D eigenvalue weighted by Crippen LogP contribution is 2.29.